The average Bonchev–Trinajstić information content (AvgIpc) is 2.10. The standard InChI is InChI=1S/C11H16BrNO2/c1-11(2,14)6-7-15-9-5-3-4-8(13)10(9)12/h3-5,14H,6-7,13H2,1-2H3. The van der Waals surface area contributed by atoms with Gasteiger partial charge in [0.25, 0.3) is 0 Å². The summed E-state index contributed by atoms with van der Waals surface area (Å²) >= 11 is 3.35. The largest absolute Gasteiger partial charge is 0.492 e. The topological polar surface area (TPSA) is 55.5 Å². The lowest BCUT2D eigenvalue weighted by molar-refractivity contribution is 0.0552. The Bertz CT molecular complexity index is 334. The van der Waals surface area contributed by atoms with Crippen molar-refractivity contribution in [1.29, 1.82) is 0 Å². The molecule has 3 nitrogen and oxygen atoms in total. The highest BCUT2D eigenvalue weighted by Gasteiger charge is 2.12. The van der Waals surface area contributed by atoms with Crippen LogP contribution in [-0.2, 0) is 0 Å². The molecule has 0 unspecified atom stereocenters. The molecule has 0 radical (unpaired) electrons. The van der Waals surface area contributed by atoms with Crippen LogP contribution in [0.4, 0.5) is 5.69 Å². The molecule has 0 saturated heterocycles. The summed E-state index contributed by atoms with van der Waals surface area (Å²) in [4.78, 5) is 0. The Balaban J connectivity index is 2.55. The summed E-state index contributed by atoms with van der Waals surface area (Å²) < 4.78 is 6.27. The maximum absolute atomic E-state index is 9.50. The van der Waals surface area contributed by atoms with Gasteiger partial charge in [-0.3, -0.25) is 0 Å². The van der Waals surface area contributed by atoms with Crippen LogP contribution in [0.25, 0.3) is 0 Å². The SMILES string of the molecule is CC(C)(O)CCOc1cccc(N)c1Br. The van der Waals surface area contributed by atoms with Gasteiger partial charge in [0, 0.05) is 12.1 Å². The molecule has 0 aliphatic carbocycles. The summed E-state index contributed by atoms with van der Waals surface area (Å²) in [6.45, 7) is 3.97. The van der Waals surface area contributed by atoms with Crippen LogP contribution >= 0.6 is 15.9 Å². The fraction of sp³-hybridized carbons (Fsp3) is 0.455. The minimum absolute atomic E-state index is 0.464. The van der Waals surface area contributed by atoms with Crippen LogP contribution in [0, 0.1) is 0 Å². The number of ether oxygens (including phenoxy) is 1. The summed E-state index contributed by atoms with van der Waals surface area (Å²) in [5.41, 5.74) is 5.65. The van der Waals surface area contributed by atoms with Gasteiger partial charge in [-0.1, -0.05) is 6.07 Å². The second kappa shape index (κ2) is 4.86. The Morgan fingerprint density at radius 2 is 2.13 bits per heavy atom. The first-order chi connectivity index (χ1) is 6.90. The third-order valence-electron chi connectivity index (χ3n) is 1.96. The van der Waals surface area contributed by atoms with Gasteiger partial charge in [-0.05, 0) is 41.9 Å². The van der Waals surface area contributed by atoms with Gasteiger partial charge >= 0.3 is 0 Å². The van der Waals surface area contributed by atoms with Gasteiger partial charge in [0.15, 0.2) is 0 Å². The fourth-order valence-corrected chi connectivity index (χ4v) is 1.43. The molecule has 1 aromatic carbocycles. The predicted octanol–water partition coefficient (Wildman–Crippen LogP) is 2.57. The van der Waals surface area contributed by atoms with E-state index in [4.69, 9.17) is 10.5 Å². The maximum Gasteiger partial charge on any atom is 0.135 e. The Labute approximate surface area is 98.4 Å². The number of hydrogen-bond donors (Lipinski definition) is 2. The Hall–Kier alpha value is -0.740. The fourth-order valence-electron chi connectivity index (χ4n) is 1.05. The number of hydrogen-bond acceptors (Lipinski definition) is 3. The van der Waals surface area contributed by atoms with Crippen molar-refractivity contribution >= 4 is 21.6 Å². The number of aliphatic hydroxyl groups is 1. The minimum Gasteiger partial charge on any atom is -0.492 e. The lowest BCUT2D eigenvalue weighted by atomic mass is 10.1. The van der Waals surface area contributed by atoms with Crippen LogP contribution in [0.2, 0.25) is 0 Å². The zero-order chi connectivity index (χ0) is 11.5. The number of nitrogens with two attached hydrogens (primary N) is 1. The van der Waals surface area contributed by atoms with E-state index in [1.165, 1.54) is 0 Å². The van der Waals surface area contributed by atoms with Crippen molar-refractivity contribution in [1.82, 2.24) is 0 Å². The second-order valence-electron chi connectivity index (χ2n) is 4.07. The van der Waals surface area contributed by atoms with Crippen molar-refractivity contribution < 1.29 is 9.84 Å². The molecule has 0 atom stereocenters. The van der Waals surface area contributed by atoms with Crippen LogP contribution in [0.5, 0.6) is 5.75 Å². The van der Waals surface area contributed by atoms with Crippen molar-refractivity contribution in [2.75, 3.05) is 12.3 Å². The summed E-state index contributed by atoms with van der Waals surface area (Å²) in [7, 11) is 0. The van der Waals surface area contributed by atoms with Gasteiger partial charge in [-0.15, -0.1) is 0 Å². The van der Waals surface area contributed by atoms with Crippen molar-refractivity contribution in [3.63, 3.8) is 0 Å². The molecule has 1 rings (SSSR count). The van der Waals surface area contributed by atoms with E-state index in [1.54, 1.807) is 19.9 Å². The van der Waals surface area contributed by atoms with Crippen molar-refractivity contribution in [3.8, 4) is 5.75 Å². The van der Waals surface area contributed by atoms with E-state index in [0.717, 1.165) is 4.47 Å². The summed E-state index contributed by atoms with van der Waals surface area (Å²) in [5, 5.41) is 9.50. The molecule has 0 aliphatic rings. The van der Waals surface area contributed by atoms with E-state index in [2.05, 4.69) is 15.9 Å². The Morgan fingerprint density at radius 3 is 2.73 bits per heavy atom. The summed E-state index contributed by atoms with van der Waals surface area (Å²) in [6, 6.07) is 5.47. The van der Waals surface area contributed by atoms with E-state index >= 15 is 0 Å². The van der Waals surface area contributed by atoms with Crippen LogP contribution in [-0.4, -0.2) is 17.3 Å². The smallest absolute Gasteiger partial charge is 0.135 e. The minimum atomic E-state index is -0.702. The third kappa shape index (κ3) is 4.10. The maximum atomic E-state index is 9.50. The third-order valence-corrected chi connectivity index (χ3v) is 2.81. The van der Waals surface area contributed by atoms with Gasteiger partial charge in [-0.2, -0.15) is 0 Å². The molecule has 84 valence electrons. The first kappa shape index (κ1) is 12.3. The quantitative estimate of drug-likeness (QED) is 0.830. The second-order valence-corrected chi connectivity index (χ2v) is 4.86. The van der Waals surface area contributed by atoms with E-state index < -0.39 is 5.60 Å². The molecule has 0 aromatic heterocycles. The number of halogens is 1. The first-order valence-electron chi connectivity index (χ1n) is 4.79. The number of rotatable bonds is 4. The van der Waals surface area contributed by atoms with E-state index in [0.29, 0.717) is 24.5 Å². The zero-order valence-corrected chi connectivity index (χ0v) is 10.5. The van der Waals surface area contributed by atoms with Gasteiger partial charge < -0.3 is 15.6 Å². The van der Waals surface area contributed by atoms with Crippen LogP contribution in [0.1, 0.15) is 20.3 Å². The monoisotopic (exact) mass is 273 g/mol. The first-order valence-corrected chi connectivity index (χ1v) is 5.58. The number of benzene rings is 1. The molecule has 0 spiro atoms. The average molecular weight is 274 g/mol. The Kier molecular flexibility index (Phi) is 3.99. The molecule has 0 heterocycles. The highest BCUT2D eigenvalue weighted by atomic mass is 79.9. The molecular weight excluding hydrogens is 258 g/mol. The molecule has 0 bridgehead atoms. The molecule has 0 fully saturated rings. The van der Waals surface area contributed by atoms with Crippen LogP contribution in [0.15, 0.2) is 22.7 Å². The highest BCUT2D eigenvalue weighted by molar-refractivity contribution is 9.10. The number of anilines is 1. The van der Waals surface area contributed by atoms with Crippen molar-refractivity contribution in [2.24, 2.45) is 0 Å². The molecule has 4 heteroatoms. The van der Waals surface area contributed by atoms with Crippen molar-refractivity contribution in [2.45, 2.75) is 25.9 Å². The highest BCUT2D eigenvalue weighted by Crippen LogP contribution is 2.30. The van der Waals surface area contributed by atoms with Gasteiger partial charge in [-0.25, -0.2) is 0 Å². The van der Waals surface area contributed by atoms with Crippen LogP contribution < -0.4 is 10.5 Å². The van der Waals surface area contributed by atoms with Crippen molar-refractivity contribution in [3.05, 3.63) is 22.7 Å². The lowest BCUT2D eigenvalue weighted by Gasteiger charge is -2.17. The molecule has 1 aromatic rings. The molecule has 0 saturated carbocycles. The zero-order valence-electron chi connectivity index (χ0n) is 8.96. The van der Waals surface area contributed by atoms with Gasteiger partial charge in [0.05, 0.1) is 16.7 Å². The molecule has 15 heavy (non-hydrogen) atoms. The molecule has 0 aliphatic heterocycles. The van der Waals surface area contributed by atoms with Gasteiger partial charge in [0.2, 0.25) is 0 Å². The van der Waals surface area contributed by atoms with E-state index in [9.17, 15) is 5.11 Å². The van der Waals surface area contributed by atoms with Crippen LogP contribution in [0.3, 0.4) is 0 Å². The lowest BCUT2D eigenvalue weighted by Crippen LogP contribution is -2.21. The Morgan fingerprint density at radius 1 is 1.47 bits per heavy atom. The molecule has 3 N–H and O–H groups in total. The van der Waals surface area contributed by atoms with E-state index in [-0.39, 0.29) is 0 Å². The number of nitrogen functional groups attached to an aromatic ring is 1. The molecule has 0 amide bonds. The van der Waals surface area contributed by atoms with Gasteiger partial charge in [0.1, 0.15) is 5.75 Å². The predicted molar refractivity (Wildman–Crippen MR) is 65.0 cm³/mol. The normalized spacial score (nSPS) is 11.5. The molecular formula is C11H16BrNO2. The van der Waals surface area contributed by atoms with E-state index in [1.807, 2.05) is 12.1 Å². The summed E-state index contributed by atoms with van der Waals surface area (Å²) in [6.07, 6.45) is 0.578. The summed E-state index contributed by atoms with van der Waals surface area (Å²) in [5.74, 6) is 0.708.